The predicted molar refractivity (Wildman–Crippen MR) is 127 cm³/mol. The maximum atomic E-state index is 6.11. The minimum atomic E-state index is -0.000167. The molecule has 4 nitrogen and oxygen atoms in total. The molecule has 6 heteroatoms. The molecule has 2 heterocycles. The molecule has 0 amide bonds. The van der Waals surface area contributed by atoms with Crippen LogP contribution < -0.4 is 5.01 Å². The Morgan fingerprint density at radius 1 is 0.677 bits per heavy atom. The number of halogens is 2. The minimum Gasteiger partial charge on any atom is -0.238 e. The minimum absolute atomic E-state index is 0.000167. The zero-order valence-electron chi connectivity index (χ0n) is 16.5. The maximum Gasteiger partial charge on any atom is 0.172 e. The van der Waals surface area contributed by atoms with Gasteiger partial charge >= 0.3 is 0 Å². The molecule has 31 heavy (non-hydrogen) atoms. The zero-order chi connectivity index (χ0) is 21.2. The van der Waals surface area contributed by atoms with Gasteiger partial charge in [-0.25, -0.2) is 5.01 Å². The fourth-order valence-electron chi connectivity index (χ4n) is 3.69. The largest absolute Gasteiger partial charge is 0.238 e. The summed E-state index contributed by atoms with van der Waals surface area (Å²) in [5.41, 5.74) is 4.99. The van der Waals surface area contributed by atoms with Gasteiger partial charge in [0.05, 0.1) is 17.4 Å². The Labute approximate surface area is 190 Å². The first-order valence-electron chi connectivity index (χ1n) is 9.95. The summed E-state index contributed by atoms with van der Waals surface area (Å²) in [5.74, 6) is 0.698. The lowest BCUT2D eigenvalue weighted by Gasteiger charge is -2.22. The van der Waals surface area contributed by atoms with Crippen LogP contribution in [0.2, 0.25) is 10.0 Å². The average molecular weight is 445 g/mol. The summed E-state index contributed by atoms with van der Waals surface area (Å²) in [6.07, 6.45) is 0.741. The molecule has 0 saturated carbocycles. The van der Waals surface area contributed by atoms with Gasteiger partial charge in [-0.3, -0.25) is 0 Å². The fourth-order valence-corrected chi connectivity index (χ4v) is 3.95. The van der Waals surface area contributed by atoms with Crippen molar-refractivity contribution < 1.29 is 0 Å². The molecule has 0 spiro atoms. The molecular weight excluding hydrogens is 427 g/mol. The van der Waals surface area contributed by atoms with Crippen molar-refractivity contribution in [2.45, 2.75) is 12.5 Å². The molecule has 0 bridgehead atoms. The summed E-state index contributed by atoms with van der Waals surface area (Å²) < 4.78 is 0. The maximum absolute atomic E-state index is 6.11. The Morgan fingerprint density at radius 2 is 1.35 bits per heavy atom. The van der Waals surface area contributed by atoms with E-state index in [1.54, 1.807) is 0 Å². The molecule has 1 aliphatic rings. The van der Waals surface area contributed by atoms with E-state index in [0.717, 1.165) is 34.5 Å². The average Bonchev–Trinajstić information content (AvgIpc) is 3.26. The molecule has 0 aliphatic carbocycles. The fraction of sp³-hybridized carbons (Fsp3) is 0.0800. The second-order valence-electron chi connectivity index (χ2n) is 7.31. The van der Waals surface area contributed by atoms with Crippen LogP contribution >= 0.6 is 23.2 Å². The normalized spacial score (nSPS) is 15.7. The van der Waals surface area contributed by atoms with Crippen molar-refractivity contribution in [1.82, 2.24) is 10.2 Å². The molecule has 0 radical (unpaired) electrons. The first-order valence-corrected chi connectivity index (χ1v) is 10.7. The van der Waals surface area contributed by atoms with E-state index in [1.165, 1.54) is 0 Å². The van der Waals surface area contributed by atoms with Crippen LogP contribution in [0.5, 0.6) is 0 Å². The van der Waals surface area contributed by atoms with Crippen molar-refractivity contribution in [3.05, 3.63) is 112 Å². The van der Waals surface area contributed by atoms with Crippen molar-refractivity contribution in [2.24, 2.45) is 5.10 Å². The van der Waals surface area contributed by atoms with Crippen LogP contribution in [0.4, 0.5) is 5.82 Å². The summed E-state index contributed by atoms with van der Waals surface area (Å²) in [4.78, 5) is 0. The van der Waals surface area contributed by atoms with E-state index in [9.17, 15) is 0 Å². The van der Waals surface area contributed by atoms with Gasteiger partial charge < -0.3 is 0 Å². The third kappa shape index (κ3) is 4.18. The van der Waals surface area contributed by atoms with E-state index in [4.69, 9.17) is 28.3 Å². The summed E-state index contributed by atoms with van der Waals surface area (Å²) >= 11 is 12.2. The van der Waals surface area contributed by atoms with Gasteiger partial charge in [0.25, 0.3) is 0 Å². The Morgan fingerprint density at radius 3 is 2.00 bits per heavy atom. The summed E-state index contributed by atoms with van der Waals surface area (Å²) in [6, 6.07) is 29.6. The lowest BCUT2D eigenvalue weighted by molar-refractivity contribution is 0.692. The molecule has 0 saturated heterocycles. The second kappa shape index (κ2) is 8.50. The highest BCUT2D eigenvalue weighted by atomic mass is 35.5. The van der Waals surface area contributed by atoms with Crippen LogP contribution in [-0.4, -0.2) is 15.9 Å². The van der Waals surface area contributed by atoms with Gasteiger partial charge in [0.1, 0.15) is 0 Å². The Balaban J connectivity index is 1.51. The van der Waals surface area contributed by atoms with E-state index < -0.39 is 0 Å². The van der Waals surface area contributed by atoms with Crippen LogP contribution in [0.1, 0.15) is 23.6 Å². The quantitative estimate of drug-likeness (QED) is 0.347. The number of nitrogens with zero attached hydrogens (tertiary/aromatic N) is 4. The topological polar surface area (TPSA) is 41.4 Å². The Bertz CT molecular complexity index is 1210. The van der Waals surface area contributed by atoms with Gasteiger partial charge in [-0.2, -0.15) is 5.10 Å². The summed E-state index contributed by atoms with van der Waals surface area (Å²) in [6.45, 7) is 0. The van der Waals surface area contributed by atoms with E-state index in [2.05, 4.69) is 10.2 Å². The molecule has 1 unspecified atom stereocenters. The standard InChI is InChI=1S/C25H18Cl2N4/c26-20-10-6-18(7-11-20)23-16-24(19-8-12-21(27)13-9-19)31(30-23)25-15-14-22(28-29-25)17-4-2-1-3-5-17/h1-15,24H,16H2. The molecule has 3 aromatic carbocycles. The van der Waals surface area contributed by atoms with Crippen LogP contribution in [-0.2, 0) is 0 Å². The Hall–Kier alpha value is -3.21. The van der Waals surface area contributed by atoms with Crippen molar-refractivity contribution in [2.75, 3.05) is 5.01 Å². The van der Waals surface area contributed by atoms with E-state index >= 15 is 0 Å². The smallest absolute Gasteiger partial charge is 0.172 e. The predicted octanol–water partition coefficient (Wildman–Crippen LogP) is 6.81. The first kappa shape index (κ1) is 19.7. The van der Waals surface area contributed by atoms with E-state index in [0.29, 0.717) is 15.9 Å². The van der Waals surface area contributed by atoms with Gasteiger partial charge in [-0.1, -0.05) is 77.8 Å². The molecular formula is C25H18Cl2N4. The molecule has 1 atom stereocenters. The van der Waals surface area contributed by atoms with Gasteiger partial charge in [0, 0.05) is 22.0 Å². The lowest BCUT2D eigenvalue weighted by atomic mass is 9.98. The third-order valence-electron chi connectivity index (χ3n) is 5.30. The monoisotopic (exact) mass is 444 g/mol. The first-order chi connectivity index (χ1) is 15.2. The summed E-state index contributed by atoms with van der Waals surface area (Å²) in [7, 11) is 0. The number of hydrazone groups is 1. The van der Waals surface area contributed by atoms with Crippen LogP contribution in [0.3, 0.4) is 0 Å². The highest BCUT2D eigenvalue weighted by Crippen LogP contribution is 2.36. The molecule has 0 N–H and O–H groups in total. The molecule has 5 rings (SSSR count). The number of benzene rings is 3. The lowest BCUT2D eigenvalue weighted by Crippen LogP contribution is -2.20. The molecule has 4 aromatic rings. The molecule has 1 aliphatic heterocycles. The number of rotatable bonds is 4. The van der Waals surface area contributed by atoms with Crippen LogP contribution in [0.15, 0.2) is 96.1 Å². The SMILES string of the molecule is Clc1ccc(C2=NN(c3ccc(-c4ccccc4)nn3)C(c3ccc(Cl)cc3)C2)cc1. The van der Waals surface area contributed by atoms with Gasteiger partial charge in [0.2, 0.25) is 0 Å². The van der Waals surface area contributed by atoms with Crippen molar-refractivity contribution in [3.63, 3.8) is 0 Å². The van der Waals surface area contributed by atoms with Crippen molar-refractivity contribution in [1.29, 1.82) is 0 Å². The van der Waals surface area contributed by atoms with Gasteiger partial charge in [-0.15, -0.1) is 10.2 Å². The highest BCUT2D eigenvalue weighted by molar-refractivity contribution is 6.31. The van der Waals surface area contributed by atoms with E-state index in [1.807, 2.05) is 96.0 Å². The molecule has 0 fully saturated rings. The molecule has 1 aromatic heterocycles. The van der Waals surface area contributed by atoms with E-state index in [-0.39, 0.29) is 6.04 Å². The zero-order valence-corrected chi connectivity index (χ0v) is 18.0. The van der Waals surface area contributed by atoms with Gasteiger partial charge in [-0.05, 0) is 47.5 Å². The van der Waals surface area contributed by atoms with Crippen molar-refractivity contribution in [3.8, 4) is 11.3 Å². The third-order valence-corrected chi connectivity index (χ3v) is 5.80. The number of anilines is 1. The van der Waals surface area contributed by atoms with Crippen LogP contribution in [0, 0.1) is 0 Å². The number of hydrogen-bond donors (Lipinski definition) is 0. The Kier molecular flexibility index (Phi) is 5.41. The second-order valence-corrected chi connectivity index (χ2v) is 8.19. The number of aromatic nitrogens is 2. The van der Waals surface area contributed by atoms with Crippen LogP contribution in [0.25, 0.3) is 11.3 Å². The number of hydrogen-bond acceptors (Lipinski definition) is 4. The molecule has 152 valence electrons. The summed E-state index contributed by atoms with van der Waals surface area (Å²) in [5, 5.41) is 17.2. The van der Waals surface area contributed by atoms with Crippen molar-refractivity contribution >= 4 is 34.7 Å². The highest BCUT2D eigenvalue weighted by Gasteiger charge is 2.31. The van der Waals surface area contributed by atoms with Gasteiger partial charge in [0.15, 0.2) is 5.82 Å².